The second-order valence-electron chi connectivity index (χ2n) is 5.23. The van der Waals surface area contributed by atoms with Crippen molar-refractivity contribution in [1.29, 1.82) is 0 Å². The van der Waals surface area contributed by atoms with Crippen LogP contribution in [0.5, 0.6) is 0 Å². The summed E-state index contributed by atoms with van der Waals surface area (Å²) in [5, 5.41) is 0. The SMILES string of the molecule is CC(C)N(c1ccc(Br)c(F)c1)C(C)(C)C. The van der Waals surface area contributed by atoms with Gasteiger partial charge in [0.05, 0.1) is 4.47 Å². The lowest BCUT2D eigenvalue weighted by Crippen LogP contribution is -2.46. The minimum absolute atomic E-state index is 0.0194. The van der Waals surface area contributed by atoms with Gasteiger partial charge in [0.15, 0.2) is 0 Å². The van der Waals surface area contributed by atoms with Crippen LogP contribution in [-0.2, 0) is 0 Å². The molecule has 1 aromatic rings. The van der Waals surface area contributed by atoms with Crippen LogP contribution in [-0.4, -0.2) is 11.6 Å². The highest BCUT2D eigenvalue weighted by molar-refractivity contribution is 9.10. The van der Waals surface area contributed by atoms with Crippen molar-refractivity contribution in [1.82, 2.24) is 0 Å². The number of benzene rings is 1. The summed E-state index contributed by atoms with van der Waals surface area (Å²) in [4.78, 5) is 2.21. The van der Waals surface area contributed by atoms with E-state index in [-0.39, 0.29) is 11.4 Å². The first kappa shape index (κ1) is 13.5. The zero-order valence-electron chi connectivity index (χ0n) is 10.5. The monoisotopic (exact) mass is 287 g/mol. The second kappa shape index (κ2) is 4.74. The molecule has 0 N–H and O–H groups in total. The Balaban J connectivity index is 3.17. The highest BCUT2D eigenvalue weighted by Gasteiger charge is 2.24. The van der Waals surface area contributed by atoms with Crippen LogP contribution in [0.1, 0.15) is 34.6 Å². The van der Waals surface area contributed by atoms with E-state index in [0.29, 0.717) is 10.5 Å². The molecule has 0 saturated carbocycles. The normalized spacial score (nSPS) is 12.0. The maximum atomic E-state index is 13.5. The van der Waals surface area contributed by atoms with Gasteiger partial charge in [0, 0.05) is 17.3 Å². The van der Waals surface area contributed by atoms with Gasteiger partial charge in [-0.15, -0.1) is 0 Å². The molecule has 1 rings (SSSR count). The Morgan fingerprint density at radius 3 is 2.19 bits per heavy atom. The average Bonchev–Trinajstić information content (AvgIpc) is 2.08. The lowest BCUT2D eigenvalue weighted by atomic mass is 10.0. The topological polar surface area (TPSA) is 3.24 Å². The highest BCUT2D eigenvalue weighted by Crippen LogP contribution is 2.29. The summed E-state index contributed by atoms with van der Waals surface area (Å²) in [5.41, 5.74) is 0.900. The van der Waals surface area contributed by atoms with Crippen molar-refractivity contribution in [2.75, 3.05) is 4.90 Å². The van der Waals surface area contributed by atoms with E-state index in [1.54, 1.807) is 12.1 Å². The average molecular weight is 288 g/mol. The van der Waals surface area contributed by atoms with Crippen molar-refractivity contribution in [3.63, 3.8) is 0 Å². The first-order valence-corrected chi connectivity index (χ1v) is 6.27. The van der Waals surface area contributed by atoms with E-state index in [1.807, 2.05) is 6.07 Å². The molecule has 0 aromatic heterocycles. The summed E-state index contributed by atoms with van der Waals surface area (Å²) in [6.07, 6.45) is 0. The maximum Gasteiger partial charge on any atom is 0.139 e. The van der Waals surface area contributed by atoms with Gasteiger partial charge in [-0.05, 0) is 68.7 Å². The van der Waals surface area contributed by atoms with Crippen molar-refractivity contribution < 1.29 is 4.39 Å². The molecule has 1 nitrogen and oxygen atoms in total. The molecular formula is C13H19BrFN. The number of anilines is 1. The van der Waals surface area contributed by atoms with Gasteiger partial charge in [-0.3, -0.25) is 0 Å². The standard InChI is InChI=1S/C13H19BrFN/c1-9(2)16(13(3,4)5)10-6-7-11(14)12(15)8-10/h6-9H,1-5H3. The Labute approximate surface area is 106 Å². The predicted octanol–water partition coefficient (Wildman–Crippen LogP) is 4.60. The molecule has 0 aliphatic rings. The van der Waals surface area contributed by atoms with E-state index in [0.717, 1.165) is 5.69 Å². The zero-order valence-corrected chi connectivity index (χ0v) is 12.1. The third-order valence-corrected chi connectivity index (χ3v) is 3.06. The second-order valence-corrected chi connectivity index (χ2v) is 6.09. The van der Waals surface area contributed by atoms with Gasteiger partial charge in [0.2, 0.25) is 0 Å². The Kier molecular flexibility index (Phi) is 4.00. The number of halogens is 2. The van der Waals surface area contributed by atoms with E-state index >= 15 is 0 Å². The van der Waals surface area contributed by atoms with Crippen LogP contribution in [0.15, 0.2) is 22.7 Å². The fourth-order valence-electron chi connectivity index (χ4n) is 2.09. The van der Waals surface area contributed by atoms with Crippen molar-refractivity contribution in [3.8, 4) is 0 Å². The number of hydrogen-bond donors (Lipinski definition) is 0. The highest BCUT2D eigenvalue weighted by atomic mass is 79.9. The molecule has 0 aliphatic heterocycles. The summed E-state index contributed by atoms with van der Waals surface area (Å²) in [6.45, 7) is 10.6. The van der Waals surface area contributed by atoms with Crippen LogP contribution in [0, 0.1) is 5.82 Å². The number of hydrogen-bond acceptors (Lipinski definition) is 1. The fraction of sp³-hybridized carbons (Fsp3) is 0.538. The van der Waals surface area contributed by atoms with Crippen LogP contribution in [0.2, 0.25) is 0 Å². The largest absolute Gasteiger partial charge is 0.364 e. The van der Waals surface area contributed by atoms with Crippen molar-refractivity contribution in [3.05, 3.63) is 28.5 Å². The third kappa shape index (κ3) is 2.97. The molecule has 1 aromatic carbocycles. The lowest BCUT2D eigenvalue weighted by molar-refractivity contribution is 0.464. The summed E-state index contributed by atoms with van der Waals surface area (Å²) in [7, 11) is 0. The number of nitrogens with zero attached hydrogens (tertiary/aromatic N) is 1. The minimum Gasteiger partial charge on any atom is -0.364 e. The first-order chi connectivity index (χ1) is 7.23. The molecule has 0 bridgehead atoms. The molecular weight excluding hydrogens is 269 g/mol. The zero-order chi connectivity index (χ0) is 12.5. The summed E-state index contributed by atoms with van der Waals surface area (Å²) in [5.74, 6) is -0.215. The minimum atomic E-state index is -0.215. The molecule has 0 aliphatic carbocycles. The molecule has 0 saturated heterocycles. The van der Waals surface area contributed by atoms with E-state index < -0.39 is 0 Å². The van der Waals surface area contributed by atoms with E-state index in [2.05, 4.69) is 55.4 Å². The van der Waals surface area contributed by atoms with Crippen LogP contribution >= 0.6 is 15.9 Å². The van der Waals surface area contributed by atoms with E-state index in [4.69, 9.17) is 0 Å². The molecule has 0 unspecified atom stereocenters. The number of rotatable bonds is 2. The van der Waals surface area contributed by atoms with E-state index in [9.17, 15) is 4.39 Å². The van der Waals surface area contributed by atoms with Crippen molar-refractivity contribution in [2.24, 2.45) is 0 Å². The molecule has 3 heteroatoms. The van der Waals surface area contributed by atoms with Crippen molar-refractivity contribution >= 4 is 21.6 Å². The Bertz CT molecular complexity index is 369. The Hall–Kier alpha value is -0.570. The summed E-state index contributed by atoms with van der Waals surface area (Å²) >= 11 is 3.17. The molecule has 0 radical (unpaired) electrons. The molecule has 16 heavy (non-hydrogen) atoms. The molecule has 0 amide bonds. The van der Waals surface area contributed by atoms with Gasteiger partial charge >= 0.3 is 0 Å². The van der Waals surface area contributed by atoms with Gasteiger partial charge in [0.1, 0.15) is 5.82 Å². The molecule has 0 fully saturated rings. The summed E-state index contributed by atoms with van der Waals surface area (Å²) in [6, 6.07) is 5.61. The van der Waals surface area contributed by atoms with Crippen LogP contribution in [0.25, 0.3) is 0 Å². The first-order valence-electron chi connectivity index (χ1n) is 5.48. The Morgan fingerprint density at radius 2 is 1.81 bits per heavy atom. The lowest BCUT2D eigenvalue weighted by Gasteiger charge is -2.41. The van der Waals surface area contributed by atoms with Crippen molar-refractivity contribution in [2.45, 2.75) is 46.2 Å². The van der Waals surface area contributed by atoms with E-state index in [1.165, 1.54) is 0 Å². The quantitative estimate of drug-likeness (QED) is 0.768. The van der Waals surface area contributed by atoms with Gasteiger partial charge in [-0.1, -0.05) is 0 Å². The van der Waals surface area contributed by atoms with Gasteiger partial charge < -0.3 is 4.90 Å². The third-order valence-electron chi connectivity index (χ3n) is 2.42. The fourth-order valence-corrected chi connectivity index (χ4v) is 2.34. The van der Waals surface area contributed by atoms with Gasteiger partial charge in [-0.2, -0.15) is 0 Å². The predicted molar refractivity (Wildman–Crippen MR) is 71.5 cm³/mol. The van der Waals surface area contributed by atoms with Crippen LogP contribution in [0.4, 0.5) is 10.1 Å². The summed E-state index contributed by atoms with van der Waals surface area (Å²) < 4.78 is 14.0. The van der Waals surface area contributed by atoms with Gasteiger partial charge in [0.25, 0.3) is 0 Å². The van der Waals surface area contributed by atoms with Gasteiger partial charge in [-0.25, -0.2) is 4.39 Å². The smallest absolute Gasteiger partial charge is 0.139 e. The molecule has 0 heterocycles. The molecule has 90 valence electrons. The molecule has 0 spiro atoms. The van der Waals surface area contributed by atoms with Crippen LogP contribution < -0.4 is 4.90 Å². The molecule has 0 atom stereocenters. The van der Waals surface area contributed by atoms with Crippen LogP contribution in [0.3, 0.4) is 0 Å². The Morgan fingerprint density at radius 1 is 1.25 bits per heavy atom. The maximum absolute atomic E-state index is 13.5.